The fourth-order valence-electron chi connectivity index (χ4n) is 3.17. The van der Waals surface area contributed by atoms with E-state index in [4.69, 9.17) is 0 Å². The van der Waals surface area contributed by atoms with Crippen LogP contribution in [0.2, 0.25) is 0 Å². The number of phenols is 1. The van der Waals surface area contributed by atoms with Crippen molar-refractivity contribution in [3.63, 3.8) is 0 Å². The molecule has 1 nitrogen and oxygen atoms in total. The van der Waals surface area contributed by atoms with Gasteiger partial charge in [0.25, 0.3) is 0 Å². The van der Waals surface area contributed by atoms with Gasteiger partial charge in [-0.25, -0.2) is 0 Å². The third-order valence-corrected chi connectivity index (χ3v) is 4.02. The average Bonchev–Trinajstić information content (AvgIpc) is 2.47. The second-order valence-electron chi connectivity index (χ2n) is 5.28. The summed E-state index contributed by atoms with van der Waals surface area (Å²) < 4.78 is 0. The molecule has 0 aliphatic carbocycles. The van der Waals surface area contributed by atoms with Crippen LogP contribution in [-0.4, -0.2) is 5.11 Å². The maximum atomic E-state index is 10.5. The van der Waals surface area contributed by atoms with Crippen molar-refractivity contribution in [1.29, 1.82) is 0 Å². The monoisotopic (exact) mass is 258 g/mol. The first-order chi connectivity index (χ1) is 9.75. The highest BCUT2D eigenvalue weighted by Crippen LogP contribution is 2.39. The lowest BCUT2D eigenvalue weighted by atomic mass is 9.93. The van der Waals surface area contributed by atoms with Crippen LogP contribution < -0.4 is 0 Å². The van der Waals surface area contributed by atoms with Gasteiger partial charge in [0.2, 0.25) is 0 Å². The Labute approximate surface area is 117 Å². The van der Waals surface area contributed by atoms with E-state index < -0.39 is 0 Å². The molecule has 1 N–H and O–H groups in total. The molecule has 0 heterocycles. The molecule has 20 heavy (non-hydrogen) atoms. The first-order valence-electron chi connectivity index (χ1n) is 6.78. The molecular weight excluding hydrogens is 244 g/mol. The van der Waals surface area contributed by atoms with Crippen molar-refractivity contribution in [1.82, 2.24) is 0 Å². The lowest BCUT2D eigenvalue weighted by molar-refractivity contribution is 0.483. The Morgan fingerprint density at radius 2 is 1.25 bits per heavy atom. The van der Waals surface area contributed by atoms with E-state index in [2.05, 4.69) is 31.2 Å². The van der Waals surface area contributed by atoms with Crippen LogP contribution in [0.1, 0.15) is 5.56 Å². The Balaban J connectivity index is 2.40. The predicted molar refractivity (Wildman–Crippen MR) is 85.4 cm³/mol. The summed E-state index contributed by atoms with van der Waals surface area (Å²) in [4.78, 5) is 0. The van der Waals surface area contributed by atoms with Crippen molar-refractivity contribution in [3.8, 4) is 5.75 Å². The van der Waals surface area contributed by atoms with Gasteiger partial charge in [-0.2, -0.15) is 0 Å². The Hall–Kier alpha value is -2.54. The van der Waals surface area contributed by atoms with Crippen LogP contribution in [0.5, 0.6) is 5.75 Å². The van der Waals surface area contributed by atoms with Crippen LogP contribution >= 0.6 is 0 Å². The molecule has 0 spiro atoms. The fourth-order valence-corrected chi connectivity index (χ4v) is 3.17. The van der Waals surface area contributed by atoms with Gasteiger partial charge in [-0.15, -0.1) is 0 Å². The summed E-state index contributed by atoms with van der Waals surface area (Å²) in [7, 11) is 0. The van der Waals surface area contributed by atoms with Crippen LogP contribution in [-0.2, 0) is 0 Å². The molecule has 0 aliphatic heterocycles. The summed E-state index contributed by atoms with van der Waals surface area (Å²) in [5.74, 6) is 0.360. The van der Waals surface area contributed by atoms with E-state index in [1.54, 1.807) is 0 Å². The number of hydrogen-bond donors (Lipinski definition) is 1. The Morgan fingerprint density at radius 3 is 1.95 bits per heavy atom. The normalized spacial score (nSPS) is 11.4. The Kier molecular flexibility index (Phi) is 2.25. The number of rotatable bonds is 0. The molecule has 4 aromatic carbocycles. The third kappa shape index (κ3) is 1.44. The van der Waals surface area contributed by atoms with Crippen LogP contribution in [0.4, 0.5) is 0 Å². The standard InChI is InChI=1S/C19H14O/c1-12-10-13-6-2-5-9-16(13)19-17(20)11-14-7-3-4-8-15(14)18(12)19/h2-11,20H,1H3. The zero-order valence-corrected chi connectivity index (χ0v) is 11.2. The lowest BCUT2D eigenvalue weighted by Gasteiger charge is -2.12. The highest BCUT2D eigenvalue weighted by atomic mass is 16.3. The average molecular weight is 258 g/mol. The molecule has 0 saturated heterocycles. The topological polar surface area (TPSA) is 20.2 Å². The van der Waals surface area contributed by atoms with Crippen molar-refractivity contribution in [2.24, 2.45) is 0 Å². The van der Waals surface area contributed by atoms with Crippen LogP contribution in [0.15, 0.2) is 60.7 Å². The molecule has 4 rings (SSSR count). The number of phenolic OH excluding ortho intramolecular Hbond substituents is 1. The van der Waals surface area contributed by atoms with Crippen LogP contribution in [0.25, 0.3) is 32.3 Å². The summed E-state index contributed by atoms with van der Waals surface area (Å²) in [5.41, 5.74) is 1.20. The van der Waals surface area contributed by atoms with E-state index in [0.29, 0.717) is 5.75 Å². The number of aryl methyl sites for hydroxylation is 1. The Bertz CT molecular complexity index is 886. The summed E-state index contributed by atoms with van der Waals surface area (Å²) in [6.45, 7) is 2.11. The summed E-state index contributed by atoms with van der Waals surface area (Å²) in [6.07, 6.45) is 0. The van der Waals surface area contributed by atoms with E-state index in [1.165, 1.54) is 16.3 Å². The van der Waals surface area contributed by atoms with Gasteiger partial charge in [0, 0.05) is 5.39 Å². The SMILES string of the molecule is Cc1cc2ccccc2c2c(O)cc3ccccc3c12. The largest absolute Gasteiger partial charge is 0.507 e. The Morgan fingerprint density at radius 1 is 0.700 bits per heavy atom. The number of benzene rings is 4. The van der Waals surface area contributed by atoms with Crippen molar-refractivity contribution in [2.75, 3.05) is 0 Å². The first-order valence-corrected chi connectivity index (χ1v) is 6.78. The molecule has 0 aromatic heterocycles. The highest BCUT2D eigenvalue weighted by molar-refractivity contribution is 6.21. The minimum absolute atomic E-state index is 0.360. The molecule has 0 aliphatic rings. The molecule has 4 aromatic rings. The smallest absolute Gasteiger partial charge is 0.124 e. The van der Waals surface area contributed by atoms with Crippen molar-refractivity contribution < 1.29 is 5.11 Å². The molecule has 0 saturated carbocycles. The van der Waals surface area contributed by atoms with E-state index in [1.807, 2.05) is 36.4 Å². The molecule has 0 unspecified atom stereocenters. The summed E-state index contributed by atoms with van der Waals surface area (Å²) in [6, 6.07) is 20.5. The molecule has 0 atom stereocenters. The maximum Gasteiger partial charge on any atom is 0.124 e. The summed E-state index contributed by atoms with van der Waals surface area (Å²) in [5, 5.41) is 17.2. The van der Waals surface area contributed by atoms with Gasteiger partial charge in [0.15, 0.2) is 0 Å². The van der Waals surface area contributed by atoms with Gasteiger partial charge in [0.05, 0.1) is 0 Å². The fraction of sp³-hybridized carbons (Fsp3) is 0.0526. The maximum absolute atomic E-state index is 10.5. The van der Waals surface area contributed by atoms with Gasteiger partial charge < -0.3 is 5.11 Å². The van der Waals surface area contributed by atoms with Gasteiger partial charge in [-0.1, -0.05) is 54.6 Å². The van der Waals surface area contributed by atoms with Gasteiger partial charge >= 0.3 is 0 Å². The zero-order chi connectivity index (χ0) is 13.7. The van der Waals surface area contributed by atoms with Gasteiger partial charge in [-0.3, -0.25) is 0 Å². The quantitative estimate of drug-likeness (QED) is 0.432. The van der Waals surface area contributed by atoms with E-state index >= 15 is 0 Å². The van der Waals surface area contributed by atoms with E-state index in [-0.39, 0.29) is 0 Å². The zero-order valence-electron chi connectivity index (χ0n) is 11.2. The van der Waals surface area contributed by atoms with Crippen molar-refractivity contribution >= 4 is 32.3 Å². The highest BCUT2D eigenvalue weighted by Gasteiger charge is 2.11. The first kappa shape index (κ1) is 11.3. The molecular formula is C19H14O. The van der Waals surface area contributed by atoms with Crippen LogP contribution in [0.3, 0.4) is 0 Å². The van der Waals surface area contributed by atoms with Crippen molar-refractivity contribution in [2.45, 2.75) is 6.92 Å². The summed E-state index contributed by atoms with van der Waals surface area (Å²) >= 11 is 0. The second-order valence-corrected chi connectivity index (χ2v) is 5.28. The van der Waals surface area contributed by atoms with Gasteiger partial charge in [0.1, 0.15) is 5.75 Å². The molecule has 0 fully saturated rings. The molecule has 1 heteroatoms. The molecule has 0 radical (unpaired) electrons. The molecule has 0 amide bonds. The minimum Gasteiger partial charge on any atom is -0.507 e. The molecule has 96 valence electrons. The number of hydrogen-bond acceptors (Lipinski definition) is 1. The van der Waals surface area contributed by atoms with Gasteiger partial charge in [-0.05, 0) is 45.5 Å². The molecule has 0 bridgehead atoms. The second kappa shape index (κ2) is 3.97. The van der Waals surface area contributed by atoms with Crippen LogP contribution in [0, 0.1) is 6.92 Å². The number of aromatic hydroxyl groups is 1. The number of fused-ring (bicyclic) bond motifs is 5. The van der Waals surface area contributed by atoms with E-state index in [9.17, 15) is 5.11 Å². The minimum atomic E-state index is 0.360. The lowest BCUT2D eigenvalue weighted by Crippen LogP contribution is -1.85. The van der Waals surface area contributed by atoms with E-state index in [0.717, 1.165) is 21.5 Å². The third-order valence-electron chi connectivity index (χ3n) is 4.02. The van der Waals surface area contributed by atoms with Crippen molar-refractivity contribution in [3.05, 3.63) is 66.2 Å². The predicted octanol–water partition coefficient (Wildman–Crippen LogP) is 5.16.